The van der Waals surface area contributed by atoms with Gasteiger partial charge in [-0.1, -0.05) is 12.8 Å². The van der Waals surface area contributed by atoms with Crippen molar-refractivity contribution in [2.45, 2.75) is 44.6 Å². The van der Waals surface area contributed by atoms with Crippen LogP contribution >= 0.6 is 0 Å². The second-order valence-electron chi connectivity index (χ2n) is 4.68. The van der Waals surface area contributed by atoms with E-state index in [4.69, 9.17) is 5.73 Å². The average molecular weight is 220 g/mol. The molecule has 88 valence electrons. The number of nitrogens with zero attached hydrogens (tertiary/aromatic N) is 2. The van der Waals surface area contributed by atoms with Crippen LogP contribution in [0.5, 0.6) is 0 Å². The lowest BCUT2D eigenvalue weighted by molar-refractivity contribution is 0.713. The van der Waals surface area contributed by atoms with Crippen molar-refractivity contribution in [3.8, 4) is 0 Å². The molecule has 0 aromatic carbocycles. The average Bonchev–Trinajstić information content (AvgIpc) is 2.80. The summed E-state index contributed by atoms with van der Waals surface area (Å²) in [5.74, 6) is 1.36. The highest BCUT2D eigenvalue weighted by Gasteiger charge is 2.17. The van der Waals surface area contributed by atoms with Crippen LogP contribution in [-0.2, 0) is 0 Å². The fourth-order valence-electron chi connectivity index (χ4n) is 2.15. The molecule has 0 spiro atoms. The van der Waals surface area contributed by atoms with Crippen LogP contribution in [0.1, 0.15) is 44.1 Å². The number of rotatable bonds is 4. The minimum absolute atomic E-state index is 0.123. The van der Waals surface area contributed by atoms with Gasteiger partial charge in [0.05, 0.1) is 0 Å². The van der Waals surface area contributed by atoms with Crippen LogP contribution in [0.4, 0.5) is 5.95 Å². The molecule has 1 heterocycles. The van der Waals surface area contributed by atoms with Crippen LogP contribution in [0.15, 0.2) is 12.4 Å². The van der Waals surface area contributed by atoms with E-state index < -0.39 is 0 Å². The van der Waals surface area contributed by atoms with Crippen molar-refractivity contribution in [2.75, 3.05) is 11.9 Å². The van der Waals surface area contributed by atoms with Crippen molar-refractivity contribution in [3.63, 3.8) is 0 Å². The summed E-state index contributed by atoms with van der Waals surface area (Å²) in [4.78, 5) is 8.63. The Labute approximate surface area is 96.7 Å². The number of hydrogen-bond acceptors (Lipinski definition) is 4. The molecule has 1 aromatic rings. The molecular formula is C12H20N4. The second kappa shape index (κ2) is 5.25. The Morgan fingerprint density at radius 3 is 2.56 bits per heavy atom. The molecule has 3 N–H and O–H groups in total. The van der Waals surface area contributed by atoms with Gasteiger partial charge in [-0.2, -0.15) is 0 Å². The van der Waals surface area contributed by atoms with Crippen molar-refractivity contribution in [1.29, 1.82) is 0 Å². The zero-order chi connectivity index (χ0) is 11.4. The topological polar surface area (TPSA) is 63.8 Å². The van der Waals surface area contributed by atoms with Gasteiger partial charge in [0.2, 0.25) is 5.95 Å². The highest BCUT2D eigenvalue weighted by molar-refractivity contribution is 5.26. The van der Waals surface area contributed by atoms with Crippen molar-refractivity contribution >= 4 is 5.95 Å². The third-order valence-corrected chi connectivity index (χ3v) is 3.08. The van der Waals surface area contributed by atoms with Crippen molar-refractivity contribution < 1.29 is 0 Å². The van der Waals surface area contributed by atoms with Crippen molar-refractivity contribution in [1.82, 2.24) is 9.97 Å². The number of anilines is 1. The Morgan fingerprint density at radius 1 is 1.38 bits per heavy atom. The molecule has 1 aliphatic rings. The Kier molecular flexibility index (Phi) is 3.72. The molecule has 0 amide bonds. The van der Waals surface area contributed by atoms with Gasteiger partial charge in [-0.05, 0) is 31.2 Å². The monoisotopic (exact) mass is 220 g/mol. The maximum absolute atomic E-state index is 5.65. The molecule has 0 radical (unpaired) electrons. The fourth-order valence-corrected chi connectivity index (χ4v) is 2.15. The first-order valence-electron chi connectivity index (χ1n) is 6.07. The first-order valence-corrected chi connectivity index (χ1v) is 6.07. The van der Waals surface area contributed by atoms with E-state index in [0.29, 0.717) is 18.4 Å². The lowest BCUT2D eigenvalue weighted by atomic mass is 10.0. The maximum atomic E-state index is 5.65. The summed E-state index contributed by atoms with van der Waals surface area (Å²) in [6.45, 7) is 2.67. The first-order chi connectivity index (χ1) is 7.75. The zero-order valence-electron chi connectivity index (χ0n) is 9.82. The first kappa shape index (κ1) is 11.3. The van der Waals surface area contributed by atoms with Crippen molar-refractivity contribution in [3.05, 3.63) is 18.0 Å². The molecule has 4 heteroatoms. The van der Waals surface area contributed by atoms with Gasteiger partial charge in [-0.25, -0.2) is 9.97 Å². The van der Waals surface area contributed by atoms with E-state index in [1.807, 2.05) is 19.3 Å². The van der Waals surface area contributed by atoms with Crippen LogP contribution in [0.3, 0.4) is 0 Å². The lowest BCUT2D eigenvalue weighted by Gasteiger charge is -2.10. The number of nitrogens with one attached hydrogen (secondary N) is 1. The number of nitrogens with two attached hydrogens (primary N) is 1. The summed E-state index contributed by atoms with van der Waals surface area (Å²) in [6, 6.07) is 0.123. The molecule has 1 unspecified atom stereocenters. The van der Waals surface area contributed by atoms with Crippen LogP contribution < -0.4 is 11.1 Å². The Hall–Kier alpha value is -1.16. The molecule has 1 aromatic heterocycles. The van der Waals surface area contributed by atoms with Gasteiger partial charge >= 0.3 is 0 Å². The molecule has 1 atom stereocenters. The van der Waals surface area contributed by atoms with Crippen LogP contribution in [0.25, 0.3) is 0 Å². The standard InChI is InChI=1S/C12H20N4/c1-9(13)6-14-12-15-7-11(8-16-12)10-4-2-3-5-10/h7-10H,2-6,13H2,1H3,(H,14,15,16). The van der Waals surface area contributed by atoms with Gasteiger partial charge in [0.15, 0.2) is 0 Å². The molecule has 1 saturated carbocycles. The molecule has 0 saturated heterocycles. The highest BCUT2D eigenvalue weighted by atomic mass is 15.1. The highest BCUT2D eigenvalue weighted by Crippen LogP contribution is 2.33. The molecule has 2 rings (SSSR count). The Bertz CT molecular complexity index is 314. The lowest BCUT2D eigenvalue weighted by Crippen LogP contribution is -2.25. The maximum Gasteiger partial charge on any atom is 0.222 e. The molecule has 0 bridgehead atoms. The smallest absolute Gasteiger partial charge is 0.222 e. The predicted octanol–water partition coefficient (Wildman–Crippen LogP) is 1.89. The van der Waals surface area contributed by atoms with Crippen LogP contribution in [0.2, 0.25) is 0 Å². The van der Waals surface area contributed by atoms with Gasteiger partial charge in [0.25, 0.3) is 0 Å². The quantitative estimate of drug-likeness (QED) is 0.813. The molecular weight excluding hydrogens is 200 g/mol. The minimum atomic E-state index is 0.123. The van der Waals surface area contributed by atoms with Gasteiger partial charge < -0.3 is 11.1 Å². The van der Waals surface area contributed by atoms with E-state index in [1.165, 1.54) is 31.2 Å². The Morgan fingerprint density at radius 2 is 2.00 bits per heavy atom. The van der Waals surface area contributed by atoms with Crippen molar-refractivity contribution in [2.24, 2.45) is 5.73 Å². The molecule has 1 aliphatic carbocycles. The zero-order valence-corrected chi connectivity index (χ0v) is 9.82. The van der Waals surface area contributed by atoms with Crippen LogP contribution in [-0.4, -0.2) is 22.6 Å². The molecule has 1 fully saturated rings. The van der Waals surface area contributed by atoms with E-state index in [2.05, 4.69) is 15.3 Å². The summed E-state index contributed by atoms with van der Waals surface area (Å²) < 4.78 is 0. The van der Waals surface area contributed by atoms with Crippen LogP contribution in [0, 0.1) is 0 Å². The largest absolute Gasteiger partial charge is 0.353 e. The second-order valence-corrected chi connectivity index (χ2v) is 4.68. The SMILES string of the molecule is CC(N)CNc1ncc(C2CCCC2)cn1. The van der Waals surface area contributed by atoms with E-state index in [-0.39, 0.29) is 6.04 Å². The summed E-state index contributed by atoms with van der Waals surface area (Å²) in [5, 5.41) is 3.11. The van der Waals surface area contributed by atoms with E-state index >= 15 is 0 Å². The van der Waals surface area contributed by atoms with Gasteiger partial charge in [-0.3, -0.25) is 0 Å². The third kappa shape index (κ3) is 2.92. The summed E-state index contributed by atoms with van der Waals surface area (Å²) in [6.07, 6.45) is 9.16. The number of hydrogen-bond donors (Lipinski definition) is 2. The number of aromatic nitrogens is 2. The Balaban J connectivity index is 1.93. The van der Waals surface area contributed by atoms with E-state index in [9.17, 15) is 0 Å². The molecule has 16 heavy (non-hydrogen) atoms. The minimum Gasteiger partial charge on any atom is -0.353 e. The van der Waals surface area contributed by atoms with Gasteiger partial charge in [0, 0.05) is 25.0 Å². The summed E-state index contributed by atoms with van der Waals surface area (Å²) in [7, 11) is 0. The third-order valence-electron chi connectivity index (χ3n) is 3.08. The van der Waals surface area contributed by atoms with E-state index in [1.54, 1.807) is 0 Å². The summed E-state index contributed by atoms with van der Waals surface area (Å²) in [5.41, 5.74) is 6.93. The van der Waals surface area contributed by atoms with Gasteiger partial charge in [0.1, 0.15) is 0 Å². The molecule has 0 aliphatic heterocycles. The fraction of sp³-hybridized carbons (Fsp3) is 0.667. The normalized spacial score (nSPS) is 18.6. The molecule has 4 nitrogen and oxygen atoms in total. The summed E-state index contributed by atoms with van der Waals surface area (Å²) >= 11 is 0. The van der Waals surface area contributed by atoms with E-state index in [0.717, 1.165) is 0 Å². The van der Waals surface area contributed by atoms with Gasteiger partial charge in [-0.15, -0.1) is 0 Å². The predicted molar refractivity (Wildman–Crippen MR) is 65.4 cm³/mol.